The van der Waals surface area contributed by atoms with Crippen molar-refractivity contribution in [2.75, 3.05) is 0 Å². The van der Waals surface area contributed by atoms with E-state index in [2.05, 4.69) is 135 Å². The minimum atomic E-state index is 0. The van der Waals surface area contributed by atoms with E-state index in [1.807, 2.05) is 0 Å². The van der Waals surface area contributed by atoms with Gasteiger partial charge in [0.1, 0.15) is 0 Å². The second kappa shape index (κ2) is 12.7. The zero-order valence-electron chi connectivity index (χ0n) is 20.4. The van der Waals surface area contributed by atoms with Crippen molar-refractivity contribution in [1.29, 1.82) is 0 Å². The van der Waals surface area contributed by atoms with E-state index in [4.69, 9.17) is 0 Å². The quantitative estimate of drug-likeness (QED) is 0.286. The maximum atomic E-state index is 2.36. The van der Waals surface area contributed by atoms with E-state index in [9.17, 15) is 0 Å². The summed E-state index contributed by atoms with van der Waals surface area (Å²) < 4.78 is 1.42. The van der Waals surface area contributed by atoms with Gasteiger partial charge in [0.05, 0.1) is 0 Å². The molecule has 3 heteroatoms. The molecule has 178 valence electrons. The predicted molar refractivity (Wildman–Crippen MR) is 144 cm³/mol. The van der Waals surface area contributed by atoms with Gasteiger partial charge in [-0.05, 0) is 19.8 Å². The average molecular weight is 586 g/mol. The van der Waals surface area contributed by atoms with Gasteiger partial charge in [-0.2, -0.15) is 0 Å². The molecule has 0 unspecified atom stereocenters. The van der Waals surface area contributed by atoms with Crippen molar-refractivity contribution in [3.63, 3.8) is 0 Å². The van der Waals surface area contributed by atoms with E-state index in [-0.39, 0.29) is 24.8 Å². The Hall–Kier alpha value is -2.44. The van der Waals surface area contributed by atoms with Crippen LogP contribution in [-0.2, 0) is 24.2 Å². The van der Waals surface area contributed by atoms with E-state index < -0.39 is 0 Å². The van der Waals surface area contributed by atoms with Crippen LogP contribution in [0.4, 0.5) is 0 Å². The fourth-order valence-electron chi connectivity index (χ4n) is 4.78. The Bertz CT molecular complexity index is 1470. The number of allylic oxidation sites excluding steroid dienone is 4. The number of hydrogen-bond acceptors (Lipinski definition) is 0. The summed E-state index contributed by atoms with van der Waals surface area (Å²) in [4.78, 5) is 0. The Kier molecular flexibility index (Phi) is 9.92. The molecule has 0 N–H and O–H groups in total. The number of aryl methyl sites for hydroxylation is 2. The van der Waals surface area contributed by atoms with E-state index in [0.717, 1.165) is 0 Å². The van der Waals surface area contributed by atoms with Gasteiger partial charge >= 0.3 is 99.2 Å². The first-order valence-electron chi connectivity index (χ1n) is 11.8. The van der Waals surface area contributed by atoms with E-state index in [1.54, 1.807) is 0 Å². The van der Waals surface area contributed by atoms with Crippen molar-refractivity contribution in [1.82, 2.24) is 0 Å². The van der Waals surface area contributed by atoms with Crippen molar-refractivity contribution in [3.05, 3.63) is 149 Å². The van der Waals surface area contributed by atoms with Crippen molar-refractivity contribution >= 4 is 24.8 Å². The topological polar surface area (TPSA) is 0 Å². The fourth-order valence-corrected chi connectivity index (χ4v) is 5.60. The van der Waals surface area contributed by atoms with Crippen molar-refractivity contribution in [3.8, 4) is 0 Å². The Morgan fingerprint density at radius 3 is 1.83 bits per heavy atom. The van der Waals surface area contributed by atoms with Gasteiger partial charge in [-0.25, -0.2) is 0 Å². The molecule has 6 rings (SSSR count). The average Bonchev–Trinajstić information content (AvgIpc) is 3.53. The van der Waals surface area contributed by atoms with Crippen LogP contribution in [0.5, 0.6) is 0 Å². The molecule has 0 heterocycles. The van der Waals surface area contributed by atoms with Crippen LogP contribution in [-0.4, -0.2) is 3.21 Å². The molecule has 0 bridgehead atoms. The maximum absolute atomic E-state index is 2.36. The molecule has 0 atom stereocenters. The molecule has 1 aliphatic rings. The van der Waals surface area contributed by atoms with Gasteiger partial charge in [0.25, 0.3) is 0 Å². The van der Waals surface area contributed by atoms with Gasteiger partial charge in [-0.15, -0.1) is 33.7 Å². The Morgan fingerprint density at radius 2 is 1.25 bits per heavy atom. The van der Waals surface area contributed by atoms with Crippen LogP contribution in [0.3, 0.4) is 0 Å². The summed E-state index contributed by atoms with van der Waals surface area (Å²) in [6.07, 6.45) is 8.86. The number of hydrogen-bond donors (Lipinski definition) is 0. The predicted octanol–water partition coefficient (Wildman–Crippen LogP) is 2.35. The molecule has 0 aliphatic heterocycles. The van der Waals surface area contributed by atoms with Gasteiger partial charge in [0.2, 0.25) is 0 Å². The molecule has 0 saturated heterocycles. The van der Waals surface area contributed by atoms with Gasteiger partial charge in [0.15, 0.2) is 0 Å². The van der Waals surface area contributed by atoms with Crippen LogP contribution >= 0.6 is 0 Å². The normalized spacial score (nSPS) is 12.1. The molecule has 36 heavy (non-hydrogen) atoms. The third-order valence-electron chi connectivity index (χ3n) is 6.51. The molecule has 5 aromatic carbocycles. The van der Waals surface area contributed by atoms with Crippen molar-refractivity contribution in [2.24, 2.45) is 0 Å². The SMILES string of the molecule is Cc1ccc2c(c1)[cH-]c1c(C3C=CC=C3)c(C)ccc12.[Cl-].[Cl-].[Zr+2]=[C](c1ccccc1)c1ccccc1. The first-order chi connectivity index (χ1) is 16.6. The summed E-state index contributed by atoms with van der Waals surface area (Å²) >= 11 is 1.46. The second-order valence-electron chi connectivity index (χ2n) is 8.90. The van der Waals surface area contributed by atoms with E-state index >= 15 is 0 Å². The Morgan fingerprint density at radius 1 is 0.694 bits per heavy atom. The van der Waals surface area contributed by atoms with Gasteiger partial charge < -0.3 is 24.8 Å². The van der Waals surface area contributed by atoms with Crippen LogP contribution < -0.4 is 24.8 Å². The monoisotopic (exact) mass is 583 g/mol. The van der Waals surface area contributed by atoms with Gasteiger partial charge in [-0.3, -0.25) is 0 Å². The van der Waals surface area contributed by atoms with Crippen LogP contribution in [0.1, 0.15) is 33.7 Å². The second-order valence-corrected chi connectivity index (χ2v) is 10.1. The van der Waals surface area contributed by atoms with Gasteiger partial charge in [-0.1, -0.05) is 65.3 Å². The molecule has 0 fully saturated rings. The molecule has 0 radical (unpaired) electrons. The molecular formula is C33H27Cl2Zr-. The molecule has 0 nitrogen and oxygen atoms in total. The van der Waals surface area contributed by atoms with E-state index in [0.29, 0.717) is 5.92 Å². The Labute approximate surface area is 241 Å². The summed E-state index contributed by atoms with van der Waals surface area (Å²) in [6.45, 7) is 4.38. The van der Waals surface area contributed by atoms with Crippen molar-refractivity contribution < 1.29 is 49.0 Å². The van der Waals surface area contributed by atoms with Crippen LogP contribution in [0.2, 0.25) is 0 Å². The van der Waals surface area contributed by atoms with Gasteiger partial charge in [0, 0.05) is 0 Å². The molecule has 0 amide bonds. The summed E-state index contributed by atoms with van der Waals surface area (Å²) in [5, 5.41) is 5.52. The number of benzene rings is 4. The van der Waals surface area contributed by atoms with Crippen molar-refractivity contribution in [2.45, 2.75) is 19.8 Å². The molecular weight excluding hydrogens is 558 g/mol. The minimum absolute atomic E-state index is 0. The summed E-state index contributed by atoms with van der Waals surface area (Å²) in [5.74, 6) is 0.427. The summed E-state index contributed by atoms with van der Waals surface area (Å²) in [5.41, 5.74) is 6.83. The molecule has 0 saturated carbocycles. The zero-order chi connectivity index (χ0) is 23.5. The third kappa shape index (κ3) is 5.92. The van der Waals surface area contributed by atoms with Crippen LogP contribution in [0.25, 0.3) is 21.5 Å². The summed E-state index contributed by atoms with van der Waals surface area (Å²) in [7, 11) is 0. The number of fused-ring (bicyclic) bond motifs is 3. The standard InChI is InChI=1S/C20H17.C13H10.2ClH.Zr/c1-13-7-9-17-16(11-13)12-19-18(17)10-8-14(2)20(19)15-5-3-4-6-15;1-3-7-12(8-4-1)11-13-9-5-2-6-10-13;;;/h3-12,15H,1-2H3;1-10H;2*1H;/q-1;;;;+2/p-2. The zero-order valence-corrected chi connectivity index (χ0v) is 24.4. The third-order valence-corrected chi connectivity index (χ3v) is 7.93. The van der Waals surface area contributed by atoms with Crippen LogP contribution in [0.15, 0.2) is 121 Å². The number of halogens is 2. The summed E-state index contributed by atoms with van der Waals surface area (Å²) in [6, 6.07) is 34.7. The molecule has 5 aromatic rings. The first-order valence-corrected chi connectivity index (χ1v) is 13.0. The van der Waals surface area contributed by atoms with Crippen LogP contribution in [0, 0.1) is 13.8 Å². The molecule has 0 aromatic heterocycles. The number of rotatable bonds is 3. The molecule has 0 spiro atoms. The fraction of sp³-hybridized carbons (Fsp3) is 0.0909. The first kappa shape index (κ1) is 28.1. The molecule has 1 aliphatic carbocycles. The van der Waals surface area contributed by atoms with E-state index in [1.165, 1.54) is 76.8 Å². The Balaban J connectivity index is 0.000000201.